The number of benzene rings is 1. The van der Waals surface area contributed by atoms with Gasteiger partial charge in [-0.2, -0.15) is 0 Å². The fraction of sp³-hybridized carbons (Fsp3) is 0.640. The van der Waals surface area contributed by atoms with Gasteiger partial charge in [-0.1, -0.05) is 32.6 Å². The lowest BCUT2D eigenvalue weighted by molar-refractivity contribution is -0.136. The van der Waals surface area contributed by atoms with Crippen molar-refractivity contribution in [1.29, 1.82) is 0 Å². The van der Waals surface area contributed by atoms with Crippen LogP contribution in [-0.4, -0.2) is 47.8 Å². The molecule has 3 rings (SSSR count). The van der Waals surface area contributed by atoms with Crippen LogP contribution in [0.15, 0.2) is 24.3 Å². The predicted octanol–water partition coefficient (Wildman–Crippen LogP) is 3.80. The van der Waals surface area contributed by atoms with Gasteiger partial charge in [0.05, 0.1) is 0 Å². The summed E-state index contributed by atoms with van der Waals surface area (Å²) in [5, 5.41) is 6.20. The Kier molecular flexibility index (Phi) is 9.06. The third-order valence-electron chi connectivity index (χ3n) is 6.73. The molecule has 1 saturated heterocycles. The molecule has 0 spiro atoms. The van der Waals surface area contributed by atoms with E-state index >= 15 is 0 Å². The molecule has 2 fully saturated rings. The van der Waals surface area contributed by atoms with Crippen LogP contribution < -0.4 is 10.6 Å². The Balaban J connectivity index is 1.48. The molecule has 1 aliphatic heterocycles. The van der Waals surface area contributed by atoms with Crippen molar-refractivity contribution in [3.05, 3.63) is 35.6 Å². The Hall–Kier alpha value is -2.44. The molecule has 0 bridgehead atoms. The van der Waals surface area contributed by atoms with E-state index in [4.69, 9.17) is 0 Å². The van der Waals surface area contributed by atoms with Crippen molar-refractivity contribution in [2.75, 3.05) is 13.1 Å². The standard InChI is InChI=1S/C25H36FN3O3/c1-2-3-4-9-23(30)29-16-14-19(15-17-29)25(32)28-22-8-6-5-7-21(22)27-24(31)18-10-12-20(26)13-11-18/h10-13,19,21-22H,2-9,14-17H2,1H3,(H,27,31)(H,28,32)/t21-,22-/m1/s1. The molecule has 1 heterocycles. The number of unbranched alkanes of at least 4 members (excludes halogenated alkanes) is 2. The molecule has 1 aliphatic carbocycles. The molecule has 2 atom stereocenters. The summed E-state index contributed by atoms with van der Waals surface area (Å²) in [7, 11) is 0. The topological polar surface area (TPSA) is 78.5 Å². The highest BCUT2D eigenvalue weighted by molar-refractivity contribution is 5.94. The first kappa shape index (κ1) is 24.2. The Morgan fingerprint density at radius 1 is 0.938 bits per heavy atom. The van der Waals surface area contributed by atoms with Crippen molar-refractivity contribution in [3.8, 4) is 0 Å². The molecule has 0 aromatic heterocycles. The van der Waals surface area contributed by atoms with E-state index in [1.54, 1.807) is 0 Å². The van der Waals surface area contributed by atoms with Crippen LogP contribution in [0, 0.1) is 11.7 Å². The van der Waals surface area contributed by atoms with Crippen molar-refractivity contribution < 1.29 is 18.8 Å². The van der Waals surface area contributed by atoms with Crippen LogP contribution in [0.2, 0.25) is 0 Å². The van der Waals surface area contributed by atoms with Gasteiger partial charge in [0.1, 0.15) is 5.82 Å². The zero-order chi connectivity index (χ0) is 22.9. The number of hydrogen-bond donors (Lipinski definition) is 2. The molecular weight excluding hydrogens is 409 g/mol. The maximum Gasteiger partial charge on any atom is 0.251 e. The van der Waals surface area contributed by atoms with Gasteiger partial charge in [-0.3, -0.25) is 14.4 Å². The minimum Gasteiger partial charge on any atom is -0.351 e. The SMILES string of the molecule is CCCCCC(=O)N1CCC(C(=O)N[C@@H]2CCCC[C@H]2NC(=O)c2ccc(F)cc2)CC1. The number of halogens is 1. The summed E-state index contributed by atoms with van der Waals surface area (Å²) in [5.74, 6) is -0.488. The van der Waals surface area contributed by atoms with Gasteiger partial charge in [-0.15, -0.1) is 0 Å². The molecule has 0 unspecified atom stereocenters. The summed E-state index contributed by atoms with van der Waals surface area (Å²) in [5.41, 5.74) is 0.415. The van der Waals surface area contributed by atoms with Crippen molar-refractivity contribution in [3.63, 3.8) is 0 Å². The molecule has 2 aliphatic rings. The van der Waals surface area contributed by atoms with Crippen LogP contribution in [-0.2, 0) is 9.59 Å². The number of rotatable bonds is 8. The summed E-state index contributed by atoms with van der Waals surface area (Å²) in [6.45, 7) is 3.40. The Morgan fingerprint density at radius 2 is 1.56 bits per heavy atom. The van der Waals surface area contributed by atoms with Crippen LogP contribution in [0.3, 0.4) is 0 Å². The third-order valence-corrected chi connectivity index (χ3v) is 6.73. The maximum atomic E-state index is 13.1. The predicted molar refractivity (Wildman–Crippen MR) is 121 cm³/mol. The van der Waals surface area contributed by atoms with Gasteiger partial charge in [0, 0.05) is 43.1 Å². The molecule has 0 radical (unpaired) electrons. The molecule has 6 nitrogen and oxygen atoms in total. The van der Waals surface area contributed by atoms with E-state index < -0.39 is 0 Å². The van der Waals surface area contributed by atoms with Gasteiger partial charge in [-0.05, 0) is 56.4 Å². The first-order valence-corrected chi connectivity index (χ1v) is 12.1. The summed E-state index contributed by atoms with van der Waals surface area (Å²) < 4.78 is 13.1. The highest BCUT2D eigenvalue weighted by Gasteiger charge is 2.32. The number of nitrogens with zero attached hydrogens (tertiary/aromatic N) is 1. The number of hydrogen-bond acceptors (Lipinski definition) is 3. The fourth-order valence-corrected chi connectivity index (χ4v) is 4.71. The van der Waals surface area contributed by atoms with E-state index in [0.717, 1.165) is 44.9 Å². The molecule has 1 saturated carbocycles. The number of nitrogens with one attached hydrogen (secondary N) is 2. The third kappa shape index (κ3) is 6.78. The summed E-state index contributed by atoms with van der Waals surface area (Å²) in [6.07, 6.45) is 8.72. The Morgan fingerprint density at radius 3 is 2.19 bits per heavy atom. The average Bonchev–Trinajstić information content (AvgIpc) is 2.81. The van der Waals surface area contributed by atoms with Crippen LogP contribution in [0.25, 0.3) is 0 Å². The second kappa shape index (κ2) is 12.0. The van der Waals surface area contributed by atoms with E-state index in [1.807, 2.05) is 4.90 Å². The second-order valence-electron chi connectivity index (χ2n) is 9.10. The molecule has 1 aromatic carbocycles. The lowest BCUT2D eigenvalue weighted by Crippen LogP contribution is -2.55. The summed E-state index contributed by atoms with van der Waals surface area (Å²) in [4.78, 5) is 39.7. The monoisotopic (exact) mass is 445 g/mol. The lowest BCUT2D eigenvalue weighted by Gasteiger charge is -2.36. The highest BCUT2D eigenvalue weighted by atomic mass is 19.1. The second-order valence-corrected chi connectivity index (χ2v) is 9.10. The van der Waals surface area contributed by atoms with Gasteiger partial charge in [-0.25, -0.2) is 4.39 Å². The van der Waals surface area contributed by atoms with Gasteiger partial charge < -0.3 is 15.5 Å². The molecular formula is C25H36FN3O3. The van der Waals surface area contributed by atoms with Crippen molar-refractivity contribution in [2.45, 2.75) is 83.2 Å². The lowest BCUT2D eigenvalue weighted by atomic mass is 9.88. The number of likely N-dealkylation sites (tertiary alicyclic amines) is 1. The number of piperidine rings is 1. The number of amides is 3. The molecule has 176 valence electrons. The largest absolute Gasteiger partial charge is 0.351 e. The minimum atomic E-state index is -0.377. The van der Waals surface area contributed by atoms with Gasteiger partial charge in [0.25, 0.3) is 5.91 Å². The van der Waals surface area contributed by atoms with Crippen LogP contribution >= 0.6 is 0 Å². The smallest absolute Gasteiger partial charge is 0.251 e. The zero-order valence-electron chi connectivity index (χ0n) is 19.1. The van der Waals surface area contributed by atoms with Gasteiger partial charge in [0.2, 0.25) is 11.8 Å². The quantitative estimate of drug-likeness (QED) is 0.598. The Bertz CT molecular complexity index is 775. The fourth-order valence-electron chi connectivity index (χ4n) is 4.71. The van der Waals surface area contributed by atoms with E-state index in [9.17, 15) is 18.8 Å². The van der Waals surface area contributed by atoms with Gasteiger partial charge in [0.15, 0.2) is 0 Å². The van der Waals surface area contributed by atoms with E-state index in [1.165, 1.54) is 24.3 Å². The number of carbonyl (C=O) groups is 3. The van der Waals surface area contributed by atoms with Crippen LogP contribution in [0.1, 0.15) is 81.5 Å². The van der Waals surface area contributed by atoms with Crippen LogP contribution in [0.4, 0.5) is 4.39 Å². The Labute approximate surface area is 190 Å². The maximum absolute atomic E-state index is 13.1. The van der Waals surface area contributed by atoms with E-state index in [0.29, 0.717) is 37.9 Å². The van der Waals surface area contributed by atoms with E-state index in [2.05, 4.69) is 17.6 Å². The minimum absolute atomic E-state index is 0.0241. The molecule has 2 N–H and O–H groups in total. The first-order chi connectivity index (χ1) is 15.5. The van der Waals surface area contributed by atoms with Crippen molar-refractivity contribution >= 4 is 17.7 Å². The normalized spacial score (nSPS) is 21.8. The summed E-state index contributed by atoms with van der Waals surface area (Å²) in [6, 6.07) is 5.25. The average molecular weight is 446 g/mol. The van der Waals surface area contributed by atoms with Crippen molar-refractivity contribution in [1.82, 2.24) is 15.5 Å². The van der Waals surface area contributed by atoms with Gasteiger partial charge >= 0.3 is 0 Å². The number of carbonyl (C=O) groups excluding carboxylic acids is 3. The zero-order valence-corrected chi connectivity index (χ0v) is 19.1. The van der Waals surface area contributed by atoms with Crippen molar-refractivity contribution in [2.24, 2.45) is 5.92 Å². The van der Waals surface area contributed by atoms with Crippen LogP contribution in [0.5, 0.6) is 0 Å². The molecule has 3 amide bonds. The molecule has 7 heteroatoms. The highest BCUT2D eigenvalue weighted by Crippen LogP contribution is 2.23. The van der Waals surface area contributed by atoms with E-state index in [-0.39, 0.29) is 41.5 Å². The molecule has 32 heavy (non-hydrogen) atoms. The summed E-state index contributed by atoms with van der Waals surface area (Å²) >= 11 is 0. The molecule has 1 aromatic rings. The first-order valence-electron chi connectivity index (χ1n) is 12.1.